The van der Waals surface area contributed by atoms with Crippen LogP contribution in [0.25, 0.3) is 0 Å². The lowest BCUT2D eigenvalue weighted by molar-refractivity contribution is 0.295. The molecule has 4 heteroatoms. The number of hydrogen-bond acceptors (Lipinski definition) is 4. The number of nitrogens with two attached hydrogens (primary N) is 1. The number of rotatable bonds is 5. The van der Waals surface area contributed by atoms with Crippen molar-refractivity contribution >= 4 is 0 Å². The molecule has 2 rings (SSSR count). The lowest BCUT2D eigenvalue weighted by Crippen LogP contribution is -2.09. The molecule has 0 bridgehead atoms. The summed E-state index contributed by atoms with van der Waals surface area (Å²) in [6, 6.07) is 8.03. The predicted molar refractivity (Wildman–Crippen MR) is 79.8 cm³/mol. The molecule has 0 spiro atoms. The van der Waals surface area contributed by atoms with Gasteiger partial charge in [-0.25, -0.2) is 9.97 Å². The van der Waals surface area contributed by atoms with Gasteiger partial charge in [-0.05, 0) is 56.6 Å². The van der Waals surface area contributed by atoms with Gasteiger partial charge in [0.1, 0.15) is 12.4 Å². The number of aryl methyl sites for hydroxylation is 3. The summed E-state index contributed by atoms with van der Waals surface area (Å²) >= 11 is 0. The van der Waals surface area contributed by atoms with Crippen LogP contribution >= 0.6 is 0 Å². The molecule has 1 aromatic carbocycles. The molecule has 106 valence electrons. The average Bonchev–Trinajstić information content (AvgIpc) is 2.40. The minimum absolute atomic E-state index is 0.377. The fraction of sp³-hybridized carbons (Fsp3) is 0.375. The molecule has 0 amide bonds. The molecule has 1 heterocycles. The molecule has 0 aliphatic heterocycles. The van der Waals surface area contributed by atoms with Gasteiger partial charge in [0.2, 0.25) is 0 Å². The Bertz CT molecular complexity index is 596. The van der Waals surface area contributed by atoms with Gasteiger partial charge in [-0.3, -0.25) is 0 Å². The number of aromatic nitrogens is 2. The molecule has 0 saturated carbocycles. The predicted octanol–water partition coefficient (Wildman–Crippen LogP) is 2.48. The Labute approximate surface area is 120 Å². The SMILES string of the molecule is Cc1cc(CCN)nc(COc2ccc(C)c(C)c2)n1. The van der Waals surface area contributed by atoms with E-state index in [9.17, 15) is 0 Å². The van der Waals surface area contributed by atoms with Crippen LogP contribution in [-0.2, 0) is 13.0 Å². The minimum atomic E-state index is 0.377. The van der Waals surface area contributed by atoms with Gasteiger partial charge in [0.25, 0.3) is 0 Å². The highest BCUT2D eigenvalue weighted by molar-refractivity contribution is 5.33. The molecular weight excluding hydrogens is 250 g/mol. The second-order valence-electron chi connectivity index (χ2n) is 4.99. The zero-order valence-electron chi connectivity index (χ0n) is 12.3. The Morgan fingerprint density at radius 2 is 1.85 bits per heavy atom. The number of ether oxygens (including phenoxy) is 1. The van der Waals surface area contributed by atoms with E-state index in [1.54, 1.807) is 0 Å². The van der Waals surface area contributed by atoms with Crippen LogP contribution < -0.4 is 10.5 Å². The maximum atomic E-state index is 5.76. The van der Waals surface area contributed by atoms with Crippen LogP contribution in [0.3, 0.4) is 0 Å². The molecule has 0 fully saturated rings. The highest BCUT2D eigenvalue weighted by Gasteiger charge is 2.04. The summed E-state index contributed by atoms with van der Waals surface area (Å²) in [7, 11) is 0. The molecule has 0 atom stereocenters. The third-order valence-corrected chi connectivity index (χ3v) is 3.20. The second-order valence-corrected chi connectivity index (χ2v) is 4.99. The van der Waals surface area contributed by atoms with E-state index in [2.05, 4.69) is 29.9 Å². The van der Waals surface area contributed by atoms with Crippen molar-refractivity contribution < 1.29 is 4.74 Å². The van der Waals surface area contributed by atoms with E-state index in [4.69, 9.17) is 10.5 Å². The Hall–Kier alpha value is -1.94. The molecule has 1 aromatic heterocycles. The monoisotopic (exact) mass is 271 g/mol. The zero-order valence-corrected chi connectivity index (χ0v) is 12.3. The third-order valence-electron chi connectivity index (χ3n) is 3.20. The van der Waals surface area contributed by atoms with Crippen molar-refractivity contribution in [1.82, 2.24) is 9.97 Å². The van der Waals surface area contributed by atoms with Gasteiger partial charge in [-0.1, -0.05) is 6.07 Å². The number of nitrogens with zero attached hydrogens (tertiary/aromatic N) is 2. The van der Waals surface area contributed by atoms with E-state index in [-0.39, 0.29) is 0 Å². The van der Waals surface area contributed by atoms with E-state index < -0.39 is 0 Å². The van der Waals surface area contributed by atoms with Gasteiger partial charge in [0.15, 0.2) is 5.82 Å². The summed E-state index contributed by atoms with van der Waals surface area (Å²) in [5, 5.41) is 0. The fourth-order valence-electron chi connectivity index (χ4n) is 1.99. The summed E-state index contributed by atoms with van der Waals surface area (Å²) in [4.78, 5) is 8.86. The fourth-order valence-corrected chi connectivity index (χ4v) is 1.99. The van der Waals surface area contributed by atoms with E-state index in [1.165, 1.54) is 11.1 Å². The van der Waals surface area contributed by atoms with Gasteiger partial charge in [0, 0.05) is 17.8 Å². The van der Waals surface area contributed by atoms with Crippen molar-refractivity contribution in [2.24, 2.45) is 5.73 Å². The van der Waals surface area contributed by atoms with Crippen LogP contribution in [0.5, 0.6) is 5.75 Å². The maximum absolute atomic E-state index is 5.76. The molecule has 20 heavy (non-hydrogen) atoms. The van der Waals surface area contributed by atoms with Gasteiger partial charge in [0.05, 0.1) is 0 Å². The highest BCUT2D eigenvalue weighted by Crippen LogP contribution is 2.17. The standard InChI is InChI=1S/C16H21N3O/c1-11-4-5-15(8-12(11)2)20-10-16-18-13(3)9-14(19-16)6-7-17/h4-5,8-9H,6-7,10,17H2,1-3H3. The Kier molecular flexibility index (Phi) is 4.69. The average molecular weight is 271 g/mol. The maximum Gasteiger partial charge on any atom is 0.166 e. The van der Waals surface area contributed by atoms with Crippen molar-refractivity contribution in [3.63, 3.8) is 0 Å². The largest absolute Gasteiger partial charge is 0.486 e. The van der Waals surface area contributed by atoms with Gasteiger partial charge in [-0.15, -0.1) is 0 Å². The van der Waals surface area contributed by atoms with E-state index in [0.29, 0.717) is 19.0 Å². The quantitative estimate of drug-likeness (QED) is 0.907. The van der Waals surface area contributed by atoms with Crippen LogP contribution in [0.15, 0.2) is 24.3 Å². The lowest BCUT2D eigenvalue weighted by Gasteiger charge is -2.09. The van der Waals surface area contributed by atoms with Crippen molar-refractivity contribution in [1.29, 1.82) is 0 Å². The van der Waals surface area contributed by atoms with Crippen LogP contribution in [0.1, 0.15) is 28.3 Å². The molecule has 4 nitrogen and oxygen atoms in total. The zero-order chi connectivity index (χ0) is 14.5. The topological polar surface area (TPSA) is 61.0 Å². The van der Waals surface area contributed by atoms with E-state index in [0.717, 1.165) is 23.6 Å². The summed E-state index contributed by atoms with van der Waals surface area (Å²) in [5.74, 6) is 1.55. The molecule has 2 aromatic rings. The van der Waals surface area contributed by atoms with Gasteiger partial charge in [-0.2, -0.15) is 0 Å². The first-order valence-electron chi connectivity index (χ1n) is 6.82. The van der Waals surface area contributed by atoms with Crippen molar-refractivity contribution in [2.45, 2.75) is 33.8 Å². The Morgan fingerprint density at radius 3 is 2.55 bits per heavy atom. The van der Waals surface area contributed by atoms with E-state index >= 15 is 0 Å². The van der Waals surface area contributed by atoms with Gasteiger partial charge < -0.3 is 10.5 Å². The molecule has 2 N–H and O–H groups in total. The molecule has 0 aliphatic carbocycles. The normalized spacial score (nSPS) is 10.6. The van der Waals surface area contributed by atoms with Crippen LogP contribution in [0.2, 0.25) is 0 Å². The molecule has 0 radical (unpaired) electrons. The van der Waals surface area contributed by atoms with Crippen molar-refractivity contribution in [3.05, 3.63) is 52.6 Å². The number of hydrogen-bond donors (Lipinski definition) is 1. The Morgan fingerprint density at radius 1 is 1.05 bits per heavy atom. The summed E-state index contributed by atoms with van der Waals surface area (Å²) < 4.78 is 5.76. The van der Waals surface area contributed by atoms with Crippen LogP contribution in [0, 0.1) is 20.8 Å². The molecule has 0 aliphatic rings. The molecule has 0 saturated heterocycles. The van der Waals surface area contributed by atoms with Gasteiger partial charge >= 0.3 is 0 Å². The summed E-state index contributed by atoms with van der Waals surface area (Å²) in [6.07, 6.45) is 0.764. The van der Waals surface area contributed by atoms with Crippen molar-refractivity contribution in [2.75, 3.05) is 6.54 Å². The summed E-state index contributed by atoms with van der Waals surface area (Å²) in [5.41, 5.74) is 9.96. The van der Waals surface area contributed by atoms with Crippen LogP contribution in [0.4, 0.5) is 0 Å². The Balaban J connectivity index is 2.08. The first kappa shape index (κ1) is 14.5. The molecular formula is C16H21N3O. The van der Waals surface area contributed by atoms with Crippen molar-refractivity contribution in [3.8, 4) is 5.75 Å². The first-order valence-corrected chi connectivity index (χ1v) is 6.82. The minimum Gasteiger partial charge on any atom is -0.486 e. The highest BCUT2D eigenvalue weighted by atomic mass is 16.5. The second kappa shape index (κ2) is 6.48. The van der Waals surface area contributed by atoms with Crippen LogP contribution in [-0.4, -0.2) is 16.5 Å². The van der Waals surface area contributed by atoms with E-state index in [1.807, 2.05) is 25.1 Å². The smallest absolute Gasteiger partial charge is 0.166 e. The first-order chi connectivity index (χ1) is 9.58. The molecule has 0 unspecified atom stereocenters. The third kappa shape index (κ3) is 3.78. The summed E-state index contributed by atoms with van der Waals surface area (Å²) in [6.45, 7) is 7.09. The number of benzene rings is 1. The lowest BCUT2D eigenvalue weighted by atomic mass is 10.1.